The molecule has 0 aliphatic rings. The Morgan fingerprint density at radius 2 is 1.96 bits per heavy atom. The largest absolute Gasteiger partial charge is 0.363 e. The van der Waals surface area contributed by atoms with Gasteiger partial charge in [0, 0.05) is 16.3 Å². The number of aromatic nitrogens is 2. The normalized spacial score (nSPS) is 12.7. The summed E-state index contributed by atoms with van der Waals surface area (Å²) in [6.07, 6.45) is 1.49. The van der Waals surface area contributed by atoms with E-state index in [0.29, 0.717) is 27.5 Å². The van der Waals surface area contributed by atoms with E-state index in [2.05, 4.69) is 15.3 Å². The summed E-state index contributed by atoms with van der Waals surface area (Å²) in [5.41, 5.74) is 0.974. The zero-order valence-electron chi connectivity index (χ0n) is 12.0. The van der Waals surface area contributed by atoms with Crippen molar-refractivity contribution in [1.82, 2.24) is 9.97 Å². The van der Waals surface area contributed by atoms with Crippen LogP contribution in [0.4, 0.5) is 14.6 Å². The fourth-order valence-corrected chi connectivity index (χ4v) is 3.81. The molecule has 0 bridgehead atoms. The van der Waals surface area contributed by atoms with Crippen molar-refractivity contribution in [3.63, 3.8) is 0 Å². The first kappa shape index (κ1) is 16.4. The van der Waals surface area contributed by atoms with Gasteiger partial charge in [-0.1, -0.05) is 35.5 Å². The van der Waals surface area contributed by atoms with Crippen molar-refractivity contribution in [1.29, 1.82) is 0 Å². The maximum Gasteiger partial charge on any atom is 0.288 e. The highest BCUT2D eigenvalue weighted by Gasteiger charge is 2.13. The molecular weight excluding hydrogens is 360 g/mol. The molecule has 0 fully saturated rings. The van der Waals surface area contributed by atoms with Gasteiger partial charge in [0.25, 0.3) is 5.76 Å². The maximum atomic E-state index is 12.3. The number of rotatable bonds is 5. The average molecular weight is 372 g/mol. The average Bonchev–Trinajstić information content (AvgIpc) is 2.90. The molecule has 0 amide bonds. The molecule has 0 aliphatic carbocycles. The Morgan fingerprint density at radius 3 is 2.65 bits per heavy atom. The van der Waals surface area contributed by atoms with Gasteiger partial charge in [-0.15, -0.1) is 11.3 Å². The third-order valence-electron chi connectivity index (χ3n) is 3.28. The number of nitrogens with zero attached hydrogens (tertiary/aromatic N) is 2. The highest BCUT2D eigenvalue weighted by molar-refractivity contribution is 7.99. The van der Waals surface area contributed by atoms with Crippen molar-refractivity contribution >= 4 is 50.7 Å². The van der Waals surface area contributed by atoms with Crippen LogP contribution in [0, 0.1) is 0 Å². The quantitative estimate of drug-likeness (QED) is 0.572. The molecule has 0 radical (unpaired) electrons. The van der Waals surface area contributed by atoms with Crippen LogP contribution in [0.3, 0.4) is 0 Å². The number of thioether (sulfide) groups is 1. The van der Waals surface area contributed by atoms with Gasteiger partial charge in [-0.2, -0.15) is 8.78 Å². The smallest absolute Gasteiger partial charge is 0.288 e. The number of fused-ring (bicyclic) bond motifs is 1. The summed E-state index contributed by atoms with van der Waals surface area (Å²) in [5, 5.41) is 6.55. The van der Waals surface area contributed by atoms with Gasteiger partial charge in [-0.25, -0.2) is 9.97 Å². The SMILES string of the molecule is CC(Nc1ncnc2scc(Cl)c12)c1ccc(SC(F)F)cc1. The summed E-state index contributed by atoms with van der Waals surface area (Å²) in [7, 11) is 0. The lowest BCUT2D eigenvalue weighted by Crippen LogP contribution is -2.08. The Morgan fingerprint density at radius 1 is 1.22 bits per heavy atom. The van der Waals surface area contributed by atoms with Crippen LogP contribution in [0.15, 0.2) is 40.9 Å². The maximum absolute atomic E-state index is 12.3. The first-order valence-electron chi connectivity index (χ1n) is 6.73. The second-order valence-corrected chi connectivity index (χ2v) is 7.13. The summed E-state index contributed by atoms with van der Waals surface area (Å²) in [5.74, 6) is -1.74. The zero-order chi connectivity index (χ0) is 16.4. The standard InChI is InChI=1S/C15H12ClF2N3S2/c1-8(9-2-4-10(5-3-9)23-15(17)18)21-13-12-11(16)6-22-14(12)20-7-19-13/h2-8,15H,1H3,(H,19,20,21). The Labute approximate surface area is 145 Å². The number of nitrogens with one attached hydrogen (secondary N) is 1. The van der Waals surface area contributed by atoms with Gasteiger partial charge < -0.3 is 5.32 Å². The Hall–Kier alpha value is -1.44. The van der Waals surface area contributed by atoms with Crippen molar-refractivity contribution in [2.24, 2.45) is 0 Å². The molecule has 0 saturated heterocycles. The number of thiophene rings is 1. The first-order chi connectivity index (χ1) is 11.0. The second kappa shape index (κ2) is 6.98. The fourth-order valence-electron chi connectivity index (χ4n) is 2.18. The number of anilines is 1. The van der Waals surface area contributed by atoms with E-state index in [9.17, 15) is 8.78 Å². The molecule has 23 heavy (non-hydrogen) atoms. The van der Waals surface area contributed by atoms with Crippen LogP contribution in [0.1, 0.15) is 18.5 Å². The fraction of sp³-hybridized carbons (Fsp3) is 0.200. The molecule has 2 heterocycles. The van der Waals surface area contributed by atoms with Gasteiger partial charge in [-0.3, -0.25) is 0 Å². The van der Waals surface area contributed by atoms with Crippen LogP contribution in [0.25, 0.3) is 10.2 Å². The zero-order valence-corrected chi connectivity index (χ0v) is 14.4. The predicted molar refractivity (Wildman–Crippen MR) is 92.8 cm³/mol. The molecular formula is C15H12ClF2N3S2. The van der Waals surface area contributed by atoms with E-state index in [-0.39, 0.29) is 6.04 Å². The summed E-state index contributed by atoms with van der Waals surface area (Å²) < 4.78 is 24.7. The summed E-state index contributed by atoms with van der Waals surface area (Å²) >= 11 is 8.19. The summed E-state index contributed by atoms with van der Waals surface area (Å²) in [6, 6.07) is 7.00. The number of halogens is 3. The molecule has 3 nitrogen and oxygen atoms in total. The lowest BCUT2D eigenvalue weighted by molar-refractivity contribution is 0.252. The molecule has 1 atom stereocenters. The minimum atomic E-state index is -2.41. The van der Waals surface area contributed by atoms with Crippen LogP contribution in [0.5, 0.6) is 0 Å². The van der Waals surface area contributed by atoms with Crippen molar-refractivity contribution in [2.75, 3.05) is 5.32 Å². The number of alkyl halides is 2. The molecule has 3 rings (SSSR count). The molecule has 3 aromatic rings. The topological polar surface area (TPSA) is 37.8 Å². The summed E-state index contributed by atoms with van der Waals surface area (Å²) in [4.78, 5) is 9.82. The second-order valence-electron chi connectivity index (χ2n) is 4.80. The molecule has 2 aromatic heterocycles. The van der Waals surface area contributed by atoms with E-state index in [1.54, 1.807) is 12.1 Å². The van der Waals surface area contributed by atoms with E-state index < -0.39 is 5.76 Å². The van der Waals surface area contributed by atoms with Crippen molar-refractivity contribution < 1.29 is 8.78 Å². The van der Waals surface area contributed by atoms with Gasteiger partial charge in [0.05, 0.1) is 10.4 Å². The summed E-state index contributed by atoms with van der Waals surface area (Å²) in [6.45, 7) is 1.98. The molecule has 1 aromatic carbocycles. The van der Waals surface area contributed by atoms with Crippen LogP contribution in [0.2, 0.25) is 5.02 Å². The van der Waals surface area contributed by atoms with Gasteiger partial charge in [0.2, 0.25) is 0 Å². The Bertz CT molecular complexity index is 808. The highest BCUT2D eigenvalue weighted by Crippen LogP contribution is 2.34. The van der Waals surface area contributed by atoms with Crippen LogP contribution >= 0.6 is 34.7 Å². The minimum Gasteiger partial charge on any atom is -0.363 e. The Kier molecular flexibility index (Phi) is 4.99. The van der Waals surface area contributed by atoms with Crippen molar-refractivity contribution in [2.45, 2.75) is 23.6 Å². The number of benzene rings is 1. The molecule has 8 heteroatoms. The molecule has 1 unspecified atom stereocenters. The van der Waals surface area contributed by atoms with Crippen molar-refractivity contribution in [3.05, 3.63) is 46.6 Å². The predicted octanol–water partition coefficient (Wildman–Crippen LogP) is 5.83. The van der Waals surface area contributed by atoms with Crippen LogP contribution in [-0.4, -0.2) is 15.7 Å². The lowest BCUT2D eigenvalue weighted by atomic mass is 10.1. The number of hydrogen-bond acceptors (Lipinski definition) is 5. The molecule has 0 aliphatic heterocycles. The van der Waals surface area contributed by atoms with Gasteiger partial charge in [0.1, 0.15) is 17.0 Å². The van der Waals surface area contributed by atoms with Crippen LogP contribution < -0.4 is 5.32 Å². The molecule has 120 valence electrons. The third kappa shape index (κ3) is 3.73. The number of hydrogen-bond donors (Lipinski definition) is 1. The van der Waals surface area contributed by atoms with E-state index in [1.165, 1.54) is 17.7 Å². The molecule has 1 N–H and O–H groups in total. The third-order valence-corrected chi connectivity index (χ3v) is 5.32. The van der Waals surface area contributed by atoms with E-state index in [4.69, 9.17) is 11.6 Å². The molecule has 0 spiro atoms. The van der Waals surface area contributed by atoms with Gasteiger partial charge in [0.15, 0.2) is 0 Å². The monoisotopic (exact) mass is 371 g/mol. The first-order valence-corrected chi connectivity index (χ1v) is 8.87. The van der Waals surface area contributed by atoms with E-state index in [0.717, 1.165) is 15.8 Å². The van der Waals surface area contributed by atoms with E-state index >= 15 is 0 Å². The van der Waals surface area contributed by atoms with E-state index in [1.807, 2.05) is 24.4 Å². The lowest BCUT2D eigenvalue weighted by Gasteiger charge is -2.16. The highest BCUT2D eigenvalue weighted by atomic mass is 35.5. The van der Waals surface area contributed by atoms with Gasteiger partial charge >= 0.3 is 0 Å². The van der Waals surface area contributed by atoms with Crippen molar-refractivity contribution in [3.8, 4) is 0 Å². The van der Waals surface area contributed by atoms with Crippen LogP contribution in [-0.2, 0) is 0 Å². The van der Waals surface area contributed by atoms with Gasteiger partial charge in [-0.05, 0) is 24.6 Å². The molecule has 0 saturated carbocycles. The minimum absolute atomic E-state index is 0.0466. The Balaban J connectivity index is 1.80.